The molecule has 4 aromatic rings. The predicted molar refractivity (Wildman–Crippen MR) is 110 cm³/mol. The van der Waals surface area contributed by atoms with E-state index in [1.807, 2.05) is 36.4 Å². The number of ether oxygens (including phenoxy) is 1. The molecule has 0 unspecified atom stereocenters. The smallest absolute Gasteiger partial charge is 0.341 e. The molecule has 2 heterocycles. The molecule has 0 saturated carbocycles. The lowest BCUT2D eigenvalue weighted by Crippen LogP contribution is -2.12. The Morgan fingerprint density at radius 3 is 2.50 bits per heavy atom. The Hall–Kier alpha value is -2.89. The Labute approximate surface area is 171 Å². The fourth-order valence-corrected chi connectivity index (χ4v) is 3.65. The maximum absolute atomic E-state index is 12.6. The van der Waals surface area contributed by atoms with Gasteiger partial charge in [0.25, 0.3) is 0 Å². The standard InChI is InChI=1S/C21H15Cl2N3O2/c1-12-19(21(27)28-2)20(15-9-8-14(22)10-16(15)23)26-18(24-12)11-17(25-26)13-6-4-3-5-7-13/h3-11H,1-2H3. The van der Waals surface area contributed by atoms with Crippen molar-refractivity contribution in [1.82, 2.24) is 14.6 Å². The van der Waals surface area contributed by atoms with Gasteiger partial charge in [-0.25, -0.2) is 14.3 Å². The second kappa shape index (κ2) is 7.26. The summed E-state index contributed by atoms with van der Waals surface area (Å²) in [5.74, 6) is -0.510. The third kappa shape index (κ3) is 3.13. The second-order valence-electron chi connectivity index (χ2n) is 6.20. The van der Waals surface area contributed by atoms with Crippen molar-refractivity contribution in [2.45, 2.75) is 6.92 Å². The van der Waals surface area contributed by atoms with Gasteiger partial charge in [0.2, 0.25) is 0 Å². The highest BCUT2D eigenvalue weighted by atomic mass is 35.5. The van der Waals surface area contributed by atoms with Crippen LogP contribution in [0.25, 0.3) is 28.2 Å². The van der Waals surface area contributed by atoms with Crippen LogP contribution in [0.4, 0.5) is 0 Å². The van der Waals surface area contributed by atoms with Crippen LogP contribution in [0.1, 0.15) is 16.1 Å². The summed E-state index contributed by atoms with van der Waals surface area (Å²) >= 11 is 12.5. The number of carbonyl (C=O) groups is 1. The Morgan fingerprint density at radius 1 is 1.07 bits per heavy atom. The Balaban J connectivity index is 2.08. The third-order valence-corrected chi connectivity index (χ3v) is 4.98. The molecule has 2 aromatic heterocycles. The van der Waals surface area contributed by atoms with Crippen molar-refractivity contribution in [3.63, 3.8) is 0 Å². The van der Waals surface area contributed by atoms with E-state index in [1.54, 1.807) is 29.6 Å². The van der Waals surface area contributed by atoms with Crippen LogP contribution in [0.3, 0.4) is 0 Å². The Bertz CT molecular complexity index is 1200. The number of aromatic nitrogens is 3. The van der Waals surface area contributed by atoms with Crippen LogP contribution >= 0.6 is 23.2 Å². The quantitative estimate of drug-likeness (QED) is 0.419. The first-order chi connectivity index (χ1) is 13.5. The van der Waals surface area contributed by atoms with E-state index in [4.69, 9.17) is 33.0 Å². The average Bonchev–Trinajstić information content (AvgIpc) is 3.11. The molecule has 0 aliphatic carbocycles. The fraction of sp³-hybridized carbons (Fsp3) is 0.0952. The van der Waals surface area contributed by atoms with Crippen LogP contribution in [0.2, 0.25) is 10.0 Å². The SMILES string of the molecule is COC(=O)c1c(C)nc2cc(-c3ccccc3)nn2c1-c1ccc(Cl)cc1Cl. The summed E-state index contributed by atoms with van der Waals surface area (Å²) < 4.78 is 6.62. The maximum atomic E-state index is 12.6. The predicted octanol–water partition coefficient (Wildman–Crippen LogP) is 5.47. The Morgan fingerprint density at radius 2 is 1.82 bits per heavy atom. The molecule has 2 aromatic carbocycles. The van der Waals surface area contributed by atoms with Crippen molar-refractivity contribution in [1.29, 1.82) is 0 Å². The number of halogens is 2. The number of benzene rings is 2. The van der Waals surface area contributed by atoms with Crippen molar-refractivity contribution in [3.8, 4) is 22.5 Å². The first-order valence-corrected chi connectivity index (χ1v) is 9.24. The molecule has 0 fully saturated rings. The van der Waals surface area contributed by atoms with E-state index < -0.39 is 5.97 Å². The molecule has 4 rings (SSSR count). The van der Waals surface area contributed by atoms with Gasteiger partial charge in [0, 0.05) is 22.2 Å². The molecular formula is C21H15Cl2N3O2. The summed E-state index contributed by atoms with van der Waals surface area (Å²) in [5, 5.41) is 5.60. The lowest BCUT2D eigenvalue weighted by molar-refractivity contribution is 0.0599. The molecule has 0 aliphatic heterocycles. The average molecular weight is 412 g/mol. The highest BCUT2D eigenvalue weighted by Crippen LogP contribution is 2.35. The molecule has 0 bridgehead atoms. The number of aryl methyl sites for hydroxylation is 1. The maximum Gasteiger partial charge on any atom is 0.341 e. The summed E-state index contributed by atoms with van der Waals surface area (Å²) in [6, 6.07) is 16.7. The van der Waals surface area contributed by atoms with E-state index in [2.05, 4.69) is 4.98 Å². The minimum atomic E-state index is -0.510. The number of hydrogen-bond acceptors (Lipinski definition) is 4. The third-order valence-electron chi connectivity index (χ3n) is 4.43. The van der Waals surface area contributed by atoms with Gasteiger partial charge in [-0.1, -0.05) is 53.5 Å². The van der Waals surface area contributed by atoms with E-state index in [-0.39, 0.29) is 0 Å². The highest BCUT2D eigenvalue weighted by Gasteiger charge is 2.24. The number of nitrogens with zero attached hydrogens (tertiary/aromatic N) is 3. The molecule has 0 atom stereocenters. The molecule has 5 nitrogen and oxygen atoms in total. The van der Waals surface area contributed by atoms with Gasteiger partial charge in [0.1, 0.15) is 5.56 Å². The van der Waals surface area contributed by atoms with E-state index >= 15 is 0 Å². The van der Waals surface area contributed by atoms with Crippen LogP contribution in [0.15, 0.2) is 54.6 Å². The van der Waals surface area contributed by atoms with Crippen LogP contribution < -0.4 is 0 Å². The van der Waals surface area contributed by atoms with E-state index in [1.165, 1.54) is 7.11 Å². The lowest BCUT2D eigenvalue weighted by Gasteiger charge is -2.14. The molecular weight excluding hydrogens is 397 g/mol. The monoisotopic (exact) mass is 411 g/mol. The molecule has 7 heteroatoms. The van der Waals surface area contributed by atoms with E-state index in [0.717, 1.165) is 11.3 Å². The van der Waals surface area contributed by atoms with Gasteiger partial charge in [-0.3, -0.25) is 0 Å². The van der Waals surface area contributed by atoms with E-state index in [9.17, 15) is 4.79 Å². The minimum Gasteiger partial charge on any atom is -0.465 e. The largest absolute Gasteiger partial charge is 0.465 e. The highest BCUT2D eigenvalue weighted by molar-refractivity contribution is 6.36. The molecule has 0 N–H and O–H groups in total. The summed E-state index contributed by atoms with van der Waals surface area (Å²) in [6.45, 7) is 1.76. The van der Waals surface area contributed by atoms with Gasteiger partial charge >= 0.3 is 5.97 Å². The zero-order valence-electron chi connectivity index (χ0n) is 15.1. The van der Waals surface area contributed by atoms with Gasteiger partial charge in [-0.2, -0.15) is 5.10 Å². The number of carbonyl (C=O) groups excluding carboxylic acids is 1. The summed E-state index contributed by atoms with van der Waals surface area (Å²) in [6.07, 6.45) is 0. The number of methoxy groups -OCH3 is 1. The zero-order valence-corrected chi connectivity index (χ0v) is 16.6. The van der Waals surface area contributed by atoms with Crippen LogP contribution in [0, 0.1) is 6.92 Å². The van der Waals surface area contributed by atoms with Crippen molar-refractivity contribution < 1.29 is 9.53 Å². The van der Waals surface area contributed by atoms with Crippen molar-refractivity contribution in [3.05, 3.63) is 75.9 Å². The number of rotatable bonds is 3. The second-order valence-corrected chi connectivity index (χ2v) is 7.05. The van der Waals surface area contributed by atoms with Gasteiger partial charge in [0.05, 0.1) is 29.2 Å². The van der Waals surface area contributed by atoms with Crippen LogP contribution in [-0.4, -0.2) is 27.7 Å². The topological polar surface area (TPSA) is 56.5 Å². The molecule has 0 saturated heterocycles. The van der Waals surface area contributed by atoms with Crippen molar-refractivity contribution in [2.24, 2.45) is 0 Å². The molecule has 28 heavy (non-hydrogen) atoms. The fourth-order valence-electron chi connectivity index (χ4n) is 3.15. The molecule has 0 radical (unpaired) electrons. The van der Waals surface area contributed by atoms with Crippen LogP contribution in [-0.2, 0) is 4.74 Å². The number of hydrogen-bond donors (Lipinski definition) is 0. The summed E-state index contributed by atoms with van der Waals surface area (Å²) in [7, 11) is 1.33. The minimum absolute atomic E-state index is 0.307. The molecule has 140 valence electrons. The first-order valence-electron chi connectivity index (χ1n) is 8.49. The molecule has 0 aliphatic rings. The van der Waals surface area contributed by atoms with Crippen molar-refractivity contribution in [2.75, 3.05) is 7.11 Å². The summed E-state index contributed by atoms with van der Waals surface area (Å²) in [4.78, 5) is 17.1. The number of esters is 1. The van der Waals surface area contributed by atoms with Crippen molar-refractivity contribution >= 4 is 34.8 Å². The van der Waals surface area contributed by atoms with Gasteiger partial charge in [-0.05, 0) is 25.1 Å². The lowest BCUT2D eigenvalue weighted by atomic mass is 10.0. The van der Waals surface area contributed by atoms with Gasteiger partial charge in [-0.15, -0.1) is 0 Å². The normalized spacial score (nSPS) is 11.0. The summed E-state index contributed by atoms with van der Waals surface area (Å²) in [5.41, 5.74) is 4.24. The van der Waals surface area contributed by atoms with Gasteiger partial charge < -0.3 is 4.74 Å². The Kier molecular flexibility index (Phi) is 4.79. The number of fused-ring (bicyclic) bond motifs is 1. The first kappa shape index (κ1) is 18.5. The zero-order chi connectivity index (χ0) is 19.8. The molecule has 0 amide bonds. The molecule has 0 spiro atoms. The van der Waals surface area contributed by atoms with Crippen LogP contribution in [0.5, 0.6) is 0 Å². The van der Waals surface area contributed by atoms with Gasteiger partial charge in [0.15, 0.2) is 5.65 Å². The van der Waals surface area contributed by atoms with E-state index in [0.29, 0.717) is 38.2 Å².